The normalized spacial score (nSPS) is 15.8. The molecule has 0 fully saturated rings. The molecule has 0 saturated carbocycles. The van der Waals surface area contributed by atoms with Crippen LogP contribution in [-0.2, 0) is 7.05 Å². The molecule has 0 radical (unpaired) electrons. The zero-order chi connectivity index (χ0) is 12.4. The van der Waals surface area contributed by atoms with E-state index in [9.17, 15) is 10.1 Å². The van der Waals surface area contributed by atoms with Crippen molar-refractivity contribution in [3.8, 4) is 0 Å². The number of imidazole rings is 1. The molecule has 0 bridgehead atoms. The smallest absolute Gasteiger partial charge is 0.342 e. The highest BCUT2D eigenvalue weighted by molar-refractivity contribution is 8.06. The Kier molecular flexibility index (Phi) is 3.28. The molecule has 3 N–H and O–H groups in total. The van der Waals surface area contributed by atoms with Crippen molar-refractivity contribution in [2.75, 3.05) is 6.73 Å². The van der Waals surface area contributed by atoms with Gasteiger partial charge in [-0.1, -0.05) is 4.52 Å². The van der Waals surface area contributed by atoms with E-state index in [0.29, 0.717) is 10.7 Å². The van der Waals surface area contributed by atoms with E-state index in [0.717, 1.165) is 0 Å². The van der Waals surface area contributed by atoms with E-state index in [1.54, 1.807) is 13.2 Å². The number of hydrogen-bond donors (Lipinski definition) is 3. The highest BCUT2D eigenvalue weighted by Gasteiger charge is 2.25. The third-order valence-corrected chi connectivity index (χ3v) is 3.00. The van der Waals surface area contributed by atoms with Crippen molar-refractivity contribution in [2.24, 2.45) is 7.05 Å². The van der Waals surface area contributed by atoms with Crippen molar-refractivity contribution >= 4 is 22.7 Å². The van der Waals surface area contributed by atoms with Crippen LogP contribution in [-0.4, -0.2) is 30.8 Å². The van der Waals surface area contributed by atoms with Gasteiger partial charge in [0.2, 0.25) is 5.82 Å². The summed E-state index contributed by atoms with van der Waals surface area (Å²) in [5.41, 5.74) is 5.42. The molecular formula is C7H10N6O3S. The van der Waals surface area contributed by atoms with Crippen LogP contribution in [0.4, 0.5) is 5.82 Å². The van der Waals surface area contributed by atoms with Gasteiger partial charge in [-0.15, -0.1) is 0 Å². The Morgan fingerprint density at radius 1 is 1.76 bits per heavy atom. The number of hydrogen-bond acceptors (Lipinski definition) is 8. The third kappa shape index (κ3) is 2.24. The monoisotopic (exact) mass is 258 g/mol. The minimum Gasteiger partial charge on any atom is -0.380 e. The summed E-state index contributed by atoms with van der Waals surface area (Å²) in [6.45, 7) is -0.220. The number of nitrogens with one attached hydrogen (secondary N) is 2. The van der Waals surface area contributed by atoms with E-state index in [1.165, 1.54) is 27.2 Å². The number of rotatable bonds is 4. The third-order valence-electron chi connectivity index (χ3n) is 2.09. The second-order valence-electron chi connectivity index (χ2n) is 3.10. The van der Waals surface area contributed by atoms with Gasteiger partial charge in [0.1, 0.15) is 17.8 Å². The highest BCUT2D eigenvalue weighted by Crippen LogP contribution is 2.32. The standard InChI is InChI=1S/C7H10N6O3S/c1-11-6(12(15)16)3-8-7(11)5-2-9-13(17-5)10-4-14/h2-3,9-10,14H,4H2,1H3. The van der Waals surface area contributed by atoms with Gasteiger partial charge in [-0.05, 0) is 4.92 Å². The van der Waals surface area contributed by atoms with Crippen LogP contribution in [0.3, 0.4) is 0 Å². The molecule has 0 amide bonds. The predicted octanol–water partition coefficient (Wildman–Crippen LogP) is -0.451. The maximum absolute atomic E-state index is 10.7. The number of nitro groups is 1. The van der Waals surface area contributed by atoms with E-state index in [4.69, 9.17) is 5.11 Å². The molecule has 1 aromatic rings. The number of aromatic nitrogens is 2. The summed E-state index contributed by atoms with van der Waals surface area (Å²) in [5, 5.41) is 19.3. The maximum atomic E-state index is 10.7. The van der Waals surface area contributed by atoms with Crippen LogP contribution in [0.15, 0.2) is 12.4 Å². The Hall–Kier alpha value is -1.62. The van der Waals surface area contributed by atoms with Crippen molar-refractivity contribution in [3.05, 3.63) is 28.3 Å². The number of nitrogens with zero attached hydrogens (tertiary/aromatic N) is 4. The molecule has 0 atom stereocenters. The fourth-order valence-electron chi connectivity index (χ4n) is 1.31. The Morgan fingerprint density at radius 3 is 3.12 bits per heavy atom. The van der Waals surface area contributed by atoms with E-state index in [1.807, 2.05) is 0 Å². The molecule has 17 heavy (non-hydrogen) atoms. The Bertz CT molecular complexity index is 472. The van der Waals surface area contributed by atoms with E-state index in [2.05, 4.69) is 15.8 Å². The largest absolute Gasteiger partial charge is 0.380 e. The van der Waals surface area contributed by atoms with Crippen molar-refractivity contribution < 1.29 is 10.0 Å². The molecule has 2 heterocycles. The van der Waals surface area contributed by atoms with Crippen LogP contribution in [0, 0.1) is 10.1 Å². The quantitative estimate of drug-likeness (QED) is 0.288. The Morgan fingerprint density at radius 2 is 2.53 bits per heavy atom. The van der Waals surface area contributed by atoms with Crippen molar-refractivity contribution in [1.82, 2.24) is 24.9 Å². The zero-order valence-corrected chi connectivity index (χ0v) is 9.64. The molecule has 0 unspecified atom stereocenters. The molecular weight excluding hydrogens is 248 g/mol. The minimum absolute atomic E-state index is 0.0740. The lowest BCUT2D eigenvalue weighted by atomic mass is 10.5. The van der Waals surface area contributed by atoms with E-state index >= 15 is 0 Å². The van der Waals surface area contributed by atoms with Gasteiger partial charge in [-0.2, -0.15) is 0 Å². The summed E-state index contributed by atoms with van der Waals surface area (Å²) in [6, 6.07) is 0. The lowest BCUT2D eigenvalue weighted by Crippen LogP contribution is -2.37. The first-order valence-corrected chi connectivity index (χ1v) is 5.36. The fraction of sp³-hybridized carbons (Fsp3) is 0.286. The molecule has 1 aliphatic rings. The molecule has 0 saturated heterocycles. The lowest BCUT2D eigenvalue weighted by molar-refractivity contribution is -0.391. The molecule has 0 aromatic carbocycles. The summed E-state index contributed by atoms with van der Waals surface area (Å²) in [7, 11) is 1.57. The van der Waals surface area contributed by atoms with Crippen LogP contribution in [0.1, 0.15) is 5.82 Å². The Balaban J connectivity index is 2.17. The summed E-state index contributed by atoms with van der Waals surface area (Å²) in [6.07, 6.45) is 2.85. The summed E-state index contributed by atoms with van der Waals surface area (Å²) in [5.74, 6) is 0.409. The molecule has 10 heteroatoms. The van der Waals surface area contributed by atoms with Crippen LogP contribution in [0.25, 0.3) is 4.91 Å². The van der Waals surface area contributed by atoms with Crippen molar-refractivity contribution in [1.29, 1.82) is 0 Å². The van der Waals surface area contributed by atoms with Gasteiger partial charge in [0.15, 0.2) is 0 Å². The van der Waals surface area contributed by atoms with Crippen LogP contribution >= 0.6 is 11.9 Å². The molecule has 1 aliphatic heterocycles. The molecule has 1 aromatic heterocycles. The van der Waals surface area contributed by atoms with Gasteiger partial charge in [0, 0.05) is 18.1 Å². The van der Waals surface area contributed by atoms with Crippen LogP contribution in [0.5, 0.6) is 0 Å². The fourth-order valence-corrected chi connectivity index (χ4v) is 2.12. The van der Waals surface area contributed by atoms with Crippen LogP contribution < -0.4 is 10.9 Å². The summed E-state index contributed by atoms with van der Waals surface area (Å²) < 4.78 is 2.86. The molecule has 0 spiro atoms. The molecule has 92 valence electrons. The second kappa shape index (κ2) is 4.71. The lowest BCUT2D eigenvalue weighted by Gasteiger charge is -2.12. The minimum atomic E-state index is -0.492. The first-order chi connectivity index (χ1) is 8.13. The van der Waals surface area contributed by atoms with Gasteiger partial charge in [-0.25, -0.2) is 15.0 Å². The van der Waals surface area contributed by atoms with Crippen molar-refractivity contribution in [2.45, 2.75) is 0 Å². The number of hydrazine groups is 2. The molecule has 9 nitrogen and oxygen atoms in total. The first-order valence-electron chi connectivity index (χ1n) is 4.58. The second-order valence-corrected chi connectivity index (χ2v) is 4.08. The predicted molar refractivity (Wildman–Crippen MR) is 60.6 cm³/mol. The van der Waals surface area contributed by atoms with Gasteiger partial charge in [-0.3, -0.25) is 0 Å². The van der Waals surface area contributed by atoms with Gasteiger partial charge >= 0.3 is 5.82 Å². The summed E-state index contributed by atoms with van der Waals surface area (Å²) >= 11 is 1.23. The zero-order valence-electron chi connectivity index (χ0n) is 8.82. The first kappa shape index (κ1) is 11.9. The van der Waals surface area contributed by atoms with Crippen molar-refractivity contribution in [3.63, 3.8) is 0 Å². The van der Waals surface area contributed by atoms with E-state index < -0.39 is 4.92 Å². The van der Waals surface area contributed by atoms with Gasteiger partial charge in [0.05, 0.1) is 7.05 Å². The number of aliphatic hydroxyl groups is 1. The van der Waals surface area contributed by atoms with Gasteiger partial charge in [0.25, 0.3) is 0 Å². The Labute approximate surface area is 100 Å². The van der Waals surface area contributed by atoms with Gasteiger partial charge < -0.3 is 20.6 Å². The maximum Gasteiger partial charge on any atom is 0.342 e. The average molecular weight is 258 g/mol. The van der Waals surface area contributed by atoms with E-state index in [-0.39, 0.29) is 12.5 Å². The average Bonchev–Trinajstić information content (AvgIpc) is 2.85. The summed E-state index contributed by atoms with van der Waals surface area (Å²) in [4.78, 5) is 14.9. The topological polar surface area (TPSA) is 108 Å². The van der Waals surface area contributed by atoms with Crippen LogP contribution in [0.2, 0.25) is 0 Å². The molecule has 2 rings (SSSR count). The molecule has 0 aliphatic carbocycles. The number of aliphatic hydroxyl groups excluding tert-OH is 1. The SMILES string of the molecule is Cn1c([N+](=O)[O-])cnc1C1=CNN(NCO)S1. The highest BCUT2D eigenvalue weighted by atomic mass is 32.2.